The maximum absolute atomic E-state index is 13.4. The summed E-state index contributed by atoms with van der Waals surface area (Å²) in [4.78, 5) is 18.7. The number of carbonyl (C=O) groups is 1. The standard InChI is InChI=1S/C25H23FN2O3S2/c1-2-30-22-12-17(8-9-21(22)31-16-18-5-3-7-20(26)11-18)13-23-24(29)28(25(32)33-23)15-19-6-4-10-27-14-19/h3-12,14,23H,2,13,15-16H2,1H3/t23-/m1/s1. The van der Waals surface area contributed by atoms with Gasteiger partial charge in [-0.15, -0.1) is 0 Å². The summed E-state index contributed by atoms with van der Waals surface area (Å²) in [6.07, 6.45) is 3.97. The van der Waals surface area contributed by atoms with Crippen molar-refractivity contribution < 1.29 is 18.7 Å². The first-order valence-corrected chi connectivity index (χ1v) is 11.9. The number of thiocarbonyl (C=S) groups is 1. The van der Waals surface area contributed by atoms with Gasteiger partial charge in [-0.05, 0) is 60.4 Å². The third kappa shape index (κ3) is 5.89. The van der Waals surface area contributed by atoms with Crippen LogP contribution in [0, 0.1) is 5.82 Å². The molecular formula is C25H23FN2O3S2. The number of benzene rings is 2. The summed E-state index contributed by atoms with van der Waals surface area (Å²) in [7, 11) is 0. The molecule has 1 amide bonds. The summed E-state index contributed by atoms with van der Waals surface area (Å²) in [5.74, 6) is 0.865. The van der Waals surface area contributed by atoms with Gasteiger partial charge in [0.1, 0.15) is 16.7 Å². The van der Waals surface area contributed by atoms with Crippen LogP contribution >= 0.6 is 24.0 Å². The van der Waals surface area contributed by atoms with Crippen LogP contribution in [0.5, 0.6) is 11.5 Å². The predicted molar refractivity (Wildman–Crippen MR) is 131 cm³/mol. The molecule has 0 bridgehead atoms. The second kappa shape index (κ2) is 10.8. The van der Waals surface area contributed by atoms with E-state index in [0.717, 1.165) is 16.7 Å². The number of rotatable bonds is 9. The first-order valence-electron chi connectivity index (χ1n) is 10.6. The molecule has 1 aromatic heterocycles. The Balaban J connectivity index is 1.44. The van der Waals surface area contributed by atoms with Crippen molar-refractivity contribution in [2.24, 2.45) is 0 Å². The number of ether oxygens (including phenoxy) is 2. The van der Waals surface area contributed by atoms with Crippen LogP contribution in [0.15, 0.2) is 67.0 Å². The molecule has 0 saturated carbocycles. The molecule has 2 aromatic carbocycles. The van der Waals surface area contributed by atoms with Crippen molar-refractivity contribution in [2.45, 2.75) is 31.7 Å². The number of thioether (sulfide) groups is 1. The van der Waals surface area contributed by atoms with Gasteiger partial charge in [0.25, 0.3) is 0 Å². The maximum atomic E-state index is 13.4. The summed E-state index contributed by atoms with van der Waals surface area (Å²) in [5, 5.41) is -0.289. The zero-order chi connectivity index (χ0) is 23.2. The average molecular weight is 483 g/mol. The lowest BCUT2D eigenvalue weighted by molar-refractivity contribution is -0.126. The van der Waals surface area contributed by atoms with Gasteiger partial charge in [-0.1, -0.05) is 48.2 Å². The fourth-order valence-electron chi connectivity index (χ4n) is 3.51. The highest BCUT2D eigenvalue weighted by Crippen LogP contribution is 2.34. The summed E-state index contributed by atoms with van der Waals surface area (Å²) in [5.41, 5.74) is 2.62. The Morgan fingerprint density at radius 2 is 1.91 bits per heavy atom. The second-order valence-corrected chi connectivity index (χ2v) is 9.33. The van der Waals surface area contributed by atoms with Crippen LogP contribution in [0.2, 0.25) is 0 Å². The van der Waals surface area contributed by atoms with E-state index in [4.69, 9.17) is 21.7 Å². The van der Waals surface area contributed by atoms with E-state index in [1.165, 1.54) is 23.9 Å². The average Bonchev–Trinajstić information content (AvgIpc) is 3.07. The van der Waals surface area contributed by atoms with Crippen molar-refractivity contribution in [2.75, 3.05) is 6.61 Å². The molecule has 33 heavy (non-hydrogen) atoms. The molecule has 0 N–H and O–H groups in total. The van der Waals surface area contributed by atoms with Gasteiger partial charge in [0.05, 0.1) is 18.4 Å². The van der Waals surface area contributed by atoms with Crippen molar-refractivity contribution >= 4 is 34.2 Å². The molecule has 3 aromatic rings. The van der Waals surface area contributed by atoms with Gasteiger partial charge in [-0.3, -0.25) is 14.7 Å². The molecular weight excluding hydrogens is 459 g/mol. The van der Waals surface area contributed by atoms with Crippen LogP contribution in [-0.2, 0) is 24.4 Å². The lowest BCUT2D eigenvalue weighted by Gasteiger charge is -2.16. The molecule has 4 rings (SSSR count). The Bertz CT molecular complexity index is 1140. The van der Waals surface area contributed by atoms with Crippen molar-refractivity contribution in [3.63, 3.8) is 0 Å². The molecule has 1 aliphatic rings. The topological polar surface area (TPSA) is 51.7 Å². The predicted octanol–water partition coefficient (Wildman–Crippen LogP) is 5.17. The zero-order valence-electron chi connectivity index (χ0n) is 18.1. The molecule has 0 aliphatic carbocycles. The Hall–Kier alpha value is -2.97. The lowest BCUT2D eigenvalue weighted by Crippen LogP contribution is -2.31. The molecule has 2 heterocycles. The minimum atomic E-state index is -0.300. The second-order valence-electron chi connectivity index (χ2n) is 7.49. The van der Waals surface area contributed by atoms with Crippen LogP contribution < -0.4 is 9.47 Å². The third-order valence-corrected chi connectivity index (χ3v) is 6.66. The molecule has 1 aliphatic heterocycles. The highest BCUT2D eigenvalue weighted by molar-refractivity contribution is 8.24. The van der Waals surface area contributed by atoms with E-state index < -0.39 is 0 Å². The van der Waals surface area contributed by atoms with Gasteiger partial charge in [0.2, 0.25) is 5.91 Å². The quantitative estimate of drug-likeness (QED) is 0.392. The van der Waals surface area contributed by atoms with Gasteiger partial charge in [0, 0.05) is 12.4 Å². The van der Waals surface area contributed by atoms with Gasteiger partial charge >= 0.3 is 0 Å². The smallest absolute Gasteiger partial charge is 0.242 e. The summed E-state index contributed by atoms with van der Waals surface area (Å²) >= 11 is 6.87. The van der Waals surface area contributed by atoms with Crippen LogP contribution in [-0.4, -0.2) is 32.0 Å². The minimum absolute atomic E-state index is 0.00163. The van der Waals surface area contributed by atoms with E-state index in [1.54, 1.807) is 29.4 Å². The first kappa shape index (κ1) is 23.2. The molecule has 1 atom stereocenters. The number of hydrogen-bond donors (Lipinski definition) is 0. The minimum Gasteiger partial charge on any atom is -0.490 e. The Labute approximate surface area is 201 Å². The molecule has 0 spiro atoms. The lowest BCUT2D eigenvalue weighted by atomic mass is 10.1. The van der Waals surface area contributed by atoms with Crippen LogP contribution in [0.3, 0.4) is 0 Å². The zero-order valence-corrected chi connectivity index (χ0v) is 19.7. The van der Waals surface area contributed by atoms with Crippen molar-refractivity contribution in [1.82, 2.24) is 9.88 Å². The highest BCUT2D eigenvalue weighted by atomic mass is 32.2. The van der Waals surface area contributed by atoms with Gasteiger partial charge in [-0.2, -0.15) is 0 Å². The maximum Gasteiger partial charge on any atom is 0.242 e. The van der Waals surface area contributed by atoms with E-state index in [-0.39, 0.29) is 23.6 Å². The van der Waals surface area contributed by atoms with Crippen molar-refractivity contribution in [1.29, 1.82) is 0 Å². The van der Waals surface area contributed by atoms with Crippen LogP contribution in [0.4, 0.5) is 4.39 Å². The molecule has 1 saturated heterocycles. The van der Waals surface area contributed by atoms with Crippen LogP contribution in [0.25, 0.3) is 0 Å². The molecule has 0 radical (unpaired) electrons. The Morgan fingerprint density at radius 3 is 2.67 bits per heavy atom. The number of amides is 1. The Kier molecular flexibility index (Phi) is 7.57. The fourth-order valence-corrected chi connectivity index (χ4v) is 5.05. The van der Waals surface area contributed by atoms with Gasteiger partial charge in [-0.25, -0.2) is 4.39 Å². The molecule has 170 valence electrons. The monoisotopic (exact) mass is 482 g/mol. The van der Waals surface area contributed by atoms with Gasteiger partial charge < -0.3 is 9.47 Å². The van der Waals surface area contributed by atoms with Crippen molar-refractivity contribution in [3.05, 3.63) is 89.5 Å². The summed E-state index contributed by atoms with van der Waals surface area (Å²) in [6.45, 7) is 3.02. The summed E-state index contributed by atoms with van der Waals surface area (Å²) < 4.78 is 25.6. The fraction of sp³-hybridized carbons (Fsp3) is 0.240. The first-order chi connectivity index (χ1) is 16.0. The number of pyridine rings is 1. The highest BCUT2D eigenvalue weighted by Gasteiger charge is 2.36. The number of carbonyl (C=O) groups excluding carboxylic acids is 1. The molecule has 1 fully saturated rings. The number of nitrogens with zero attached hydrogens (tertiary/aromatic N) is 2. The van der Waals surface area contributed by atoms with E-state index in [2.05, 4.69) is 4.98 Å². The number of halogens is 1. The van der Waals surface area contributed by atoms with E-state index in [9.17, 15) is 9.18 Å². The van der Waals surface area contributed by atoms with E-state index in [1.807, 2.05) is 37.3 Å². The SMILES string of the molecule is CCOc1cc(C[C@H]2SC(=S)N(Cc3cccnc3)C2=O)ccc1OCc1cccc(F)c1. The van der Waals surface area contributed by atoms with E-state index in [0.29, 0.717) is 35.4 Å². The van der Waals surface area contributed by atoms with E-state index >= 15 is 0 Å². The van der Waals surface area contributed by atoms with Crippen molar-refractivity contribution in [3.8, 4) is 11.5 Å². The van der Waals surface area contributed by atoms with Gasteiger partial charge in [0.15, 0.2) is 11.5 Å². The molecule has 5 nitrogen and oxygen atoms in total. The number of hydrogen-bond acceptors (Lipinski definition) is 6. The largest absolute Gasteiger partial charge is 0.490 e. The third-order valence-electron chi connectivity index (χ3n) is 5.08. The summed E-state index contributed by atoms with van der Waals surface area (Å²) in [6, 6.07) is 15.7. The normalized spacial score (nSPS) is 15.7. The Morgan fingerprint density at radius 1 is 1.06 bits per heavy atom. The number of aromatic nitrogens is 1. The van der Waals surface area contributed by atoms with Crippen LogP contribution in [0.1, 0.15) is 23.6 Å². The molecule has 0 unspecified atom stereocenters. The molecule has 8 heteroatoms.